The number of thiophene rings is 1. The van der Waals surface area contributed by atoms with Crippen molar-refractivity contribution in [3.63, 3.8) is 0 Å². The minimum atomic E-state index is 0.155. The van der Waals surface area contributed by atoms with Gasteiger partial charge in [0.1, 0.15) is 0 Å². The predicted octanol–water partition coefficient (Wildman–Crippen LogP) is 2.48. The summed E-state index contributed by atoms with van der Waals surface area (Å²) in [4.78, 5) is 15.5. The summed E-state index contributed by atoms with van der Waals surface area (Å²) in [6, 6.07) is 14.8. The predicted molar refractivity (Wildman–Crippen MR) is 92.6 cm³/mol. The van der Waals surface area contributed by atoms with Crippen LogP contribution in [0.5, 0.6) is 0 Å². The van der Waals surface area contributed by atoms with Gasteiger partial charge in [0.25, 0.3) is 0 Å². The first-order valence-electron chi connectivity index (χ1n) is 7.99. The van der Waals surface area contributed by atoms with Gasteiger partial charge in [-0.2, -0.15) is 0 Å². The van der Waals surface area contributed by atoms with Crippen molar-refractivity contribution in [2.75, 3.05) is 32.8 Å². The van der Waals surface area contributed by atoms with E-state index in [2.05, 4.69) is 47.1 Å². The van der Waals surface area contributed by atoms with Crippen molar-refractivity contribution in [1.82, 2.24) is 10.2 Å². The minimum absolute atomic E-state index is 0.155. The second kappa shape index (κ2) is 8.24. The van der Waals surface area contributed by atoms with Crippen molar-refractivity contribution in [2.45, 2.75) is 12.5 Å². The molecular weight excluding hydrogens is 308 g/mol. The molecule has 2 aromatic rings. The molecular formula is C18H22N2O2S. The van der Waals surface area contributed by atoms with Crippen LogP contribution in [0.1, 0.15) is 16.5 Å². The molecule has 1 aliphatic rings. The van der Waals surface area contributed by atoms with E-state index in [4.69, 9.17) is 4.74 Å². The van der Waals surface area contributed by atoms with Gasteiger partial charge in [-0.05, 0) is 23.4 Å². The van der Waals surface area contributed by atoms with Crippen molar-refractivity contribution in [3.05, 3.63) is 58.3 Å². The van der Waals surface area contributed by atoms with Gasteiger partial charge in [-0.25, -0.2) is 0 Å². The highest BCUT2D eigenvalue weighted by Crippen LogP contribution is 2.22. The van der Waals surface area contributed by atoms with Crippen LogP contribution < -0.4 is 5.32 Å². The van der Waals surface area contributed by atoms with E-state index in [-0.39, 0.29) is 11.9 Å². The van der Waals surface area contributed by atoms with Gasteiger partial charge in [-0.15, -0.1) is 11.3 Å². The summed E-state index contributed by atoms with van der Waals surface area (Å²) in [5, 5.41) is 5.53. The average Bonchev–Trinajstić information content (AvgIpc) is 3.14. The van der Waals surface area contributed by atoms with Gasteiger partial charge in [0, 0.05) is 24.0 Å². The van der Waals surface area contributed by atoms with Gasteiger partial charge in [-0.3, -0.25) is 4.79 Å². The summed E-state index contributed by atoms with van der Waals surface area (Å²) in [6.45, 7) is 3.05. The van der Waals surface area contributed by atoms with Crippen LogP contribution in [0.15, 0.2) is 47.8 Å². The van der Waals surface area contributed by atoms with Crippen LogP contribution in [0.2, 0.25) is 0 Å². The van der Waals surface area contributed by atoms with Crippen molar-refractivity contribution < 1.29 is 9.53 Å². The average molecular weight is 330 g/mol. The normalized spacial score (nSPS) is 16.3. The van der Waals surface area contributed by atoms with E-state index in [1.807, 2.05) is 11.0 Å². The van der Waals surface area contributed by atoms with E-state index in [0.29, 0.717) is 32.8 Å². The lowest BCUT2D eigenvalue weighted by atomic mass is 10.0. The van der Waals surface area contributed by atoms with Crippen LogP contribution in [0.25, 0.3) is 0 Å². The molecule has 23 heavy (non-hydrogen) atoms. The number of carbonyl (C=O) groups is 1. The molecule has 0 spiro atoms. The van der Waals surface area contributed by atoms with E-state index in [1.54, 1.807) is 11.3 Å². The largest absolute Gasteiger partial charge is 0.378 e. The Morgan fingerprint density at radius 2 is 1.96 bits per heavy atom. The molecule has 0 bridgehead atoms. The first-order chi connectivity index (χ1) is 11.3. The third kappa shape index (κ3) is 4.64. The van der Waals surface area contributed by atoms with Crippen LogP contribution in [0.3, 0.4) is 0 Å². The zero-order chi connectivity index (χ0) is 15.9. The van der Waals surface area contributed by atoms with E-state index in [9.17, 15) is 4.79 Å². The topological polar surface area (TPSA) is 41.6 Å². The van der Waals surface area contributed by atoms with Gasteiger partial charge >= 0.3 is 0 Å². The van der Waals surface area contributed by atoms with Gasteiger partial charge in [0.05, 0.1) is 19.8 Å². The van der Waals surface area contributed by atoms with Gasteiger partial charge in [-0.1, -0.05) is 36.4 Å². The third-order valence-corrected chi connectivity index (χ3v) is 5.02. The summed E-state index contributed by atoms with van der Waals surface area (Å²) < 4.78 is 5.30. The van der Waals surface area contributed by atoms with Crippen LogP contribution >= 0.6 is 11.3 Å². The molecule has 0 saturated carbocycles. The molecule has 1 aromatic heterocycles. The number of amides is 1. The Hall–Kier alpha value is -1.69. The zero-order valence-electron chi connectivity index (χ0n) is 13.1. The van der Waals surface area contributed by atoms with Crippen LogP contribution in [0.4, 0.5) is 0 Å². The number of benzene rings is 1. The Bertz CT molecular complexity index is 595. The highest BCUT2D eigenvalue weighted by molar-refractivity contribution is 7.10. The monoisotopic (exact) mass is 330 g/mol. The molecule has 2 heterocycles. The quantitative estimate of drug-likeness (QED) is 0.885. The van der Waals surface area contributed by atoms with Crippen molar-refractivity contribution in [2.24, 2.45) is 0 Å². The molecule has 4 nitrogen and oxygen atoms in total. The van der Waals surface area contributed by atoms with Gasteiger partial charge in [0.2, 0.25) is 5.91 Å². The molecule has 5 heteroatoms. The van der Waals surface area contributed by atoms with Crippen LogP contribution in [0, 0.1) is 0 Å². The van der Waals surface area contributed by atoms with E-state index < -0.39 is 0 Å². The summed E-state index contributed by atoms with van der Waals surface area (Å²) in [5.74, 6) is 0.155. The molecule has 0 aliphatic carbocycles. The van der Waals surface area contributed by atoms with Gasteiger partial charge in [0.15, 0.2) is 0 Å². The summed E-state index contributed by atoms with van der Waals surface area (Å²) in [7, 11) is 0. The number of carbonyl (C=O) groups excluding carboxylic acids is 1. The molecule has 0 radical (unpaired) electrons. The number of nitrogens with one attached hydrogen (secondary N) is 1. The lowest BCUT2D eigenvalue weighted by Gasteiger charge is -2.28. The Kier molecular flexibility index (Phi) is 5.80. The molecule has 1 aromatic carbocycles. The fourth-order valence-corrected chi connectivity index (χ4v) is 3.55. The second-order valence-corrected chi connectivity index (χ2v) is 6.61. The third-order valence-electron chi connectivity index (χ3n) is 4.03. The number of hydrogen-bond donors (Lipinski definition) is 1. The Morgan fingerprint density at radius 1 is 1.17 bits per heavy atom. The number of ether oxygens (including phenoxy) is 1. The van der Waals surface area contributed by atoms with E-state index in [0.717, 1.165) is 6.42 Å². The Morgan fingerprint density at radius 3 is 2.65 bits per heavy atom. The fourth-order valence-electron chi connectivity index (χ4n) is 2.75. The lowest BCUT2D eigenvalue weighted by Crippen LogP contribution is -2.45. The fraction of sp³-hybridized carbons (Fsp3) is 0.389. The molecule has 1 saturated heterocycles. The molecule has 1 atom stereocenters. The van der Waals surface area contributed by atoms with Crippen LogP contribution in [-0.2, 0) is 16.0 Å². The maximum absolute atomic E-state index is 12.3. The van der Waals surface area contributed by atoms with Gasteiger partial charge < -0.3 is 15.0 Å². The Labute approximate surface area is 141 Å². The first-order valence-corrected chi connectivity index (χ1v) is 8.87. The number of hydrogen-bond acceptors (Lipinski definition) is 4. The SMILES string of the molecule is O=C(CN[C@H](Cc1ccccc1)c1cccs1)N1CCOCC1. The van der Waals surface area contributed by atoms with Crippen molar-refractivity contribution in [1.29, 1.82) is 0 Å². The van der Waals surface area contributed by atoms with E-state index >= 15 is 0 Å². The zero-order valence-corrected chi connectivity index (χ0v) is 13.9. The molecule has 1 fully saturated rings. The smallest absolute Gasteiger partial charge is 0.236 e. The summed E-state index contributed by atoms with van der Waals surface area (Å²) in [6.07, 6.45) is 0.887. The molecule has 1 N–H and O–H groups in total. The highest BCUT2D eigenvalue weighted by Gasteiger charge is 2.19. The number of rotatable bonds is 6. The number of nitrogens with zero attached hydrogens (tertiary/aromatic N) is 1. The lowest BCUT2D eigenvalue weighted by molar-refractivity contribution is -0.134. The maximum Gasteiger partial charge on any atom is 0.236 e. The number of morpholine rings is 1. The molecule has 122 valence electrons. The molecule has 1 aliphatic heterocycles. The van der Waals surface area contributed by atoms with Crippen molar-refractivity contribution >= 4 is 17.2 Å². The van der Waals surface area contributed by atoms with Crippen LogP contribution in [-0.4, -0.2) is 43.7 Å². The molecule has 3 rings (SSSR count). The summed E-state index contributed by atoms with van der Waals surface area (Å²) in [5.41, 5.74) is 1.28. The standard InChI is InChI=1S/C18H22N2O2S/c21-18(20-8-10-22-11-9-20)14-19-16(17-7-4-12-23-17)13-15-5-2-1-3-6-15/h1-7,12,16,19H,8-11,13-14H2/t16-/m1/s1. The highest BCUT2D eigenvalue weighted by atomic mass is 32.1. The van der Waals surface area contributed by atoms with E-state index in [1.165, 1.54) is 10.4 Å². The maximum atomic E-state index is 12.3. The molecule has 0 unspecified atom stereocenters. The summed E-state index contributed by atoms with van der Waals surface area (Å²) >= 11 is 1.73. The second-order valence-electron chi connectivity index (χ2n) is 5.63. The minimum Gasteiger partial charge on any atom is -0.378 e. The molecule has 1 amide bonds. The first kappa shape index (κ1) is 16.2. The van der Waals surface area contributed by atoms with Crippen molar-refractivity contribution in [3.8, 4) is 0 Å². The Balaban J connectivity index is 1.61.